The summed E-state index contributed by atoms with van der Waals surface area (Å²) in [5.74, 6) is 0.447. The molecule has 0 radical (unpaired) electrons. The van der Waals surface area contributed by atoms with Crippen molar-refractivity contribution < 1.29 is 18.3 Å². The lowest BCUT2D eigenvalue weighted by Crippen LogP contribution is -2.41. The van der Waals surface area contributed by atoms with Crippen LogP contribution in [0.3, 0.4) is 0 Å². The molecular weight excluding hydrogens is 280 g/mol. The normalized spacial score (nSPS) is 12.1. The van der Waals surface area contributed by atoms with E-state index in [1.54, 1.807) is 38.1 Å². The number of rotatable bonds is 8. The van der Waals surface area contributed by atoms with E-state index in [9.17, 15) is 8.42 Å². The van der Waals surface area contributed by atoms with Gasteiger partial charge in [0.15, 0.2) is 0 Å². The van der Waals surface area contributed by atoms with Crippen LogP contribution in [0.2, 0.25) is 0 Å². The van der Waals surface area contributed by atoms with E-state index in [0.29, 0.717) is 11.4 Å². The number of aliphatic hydroxyl groups excluding tert-OH is 1. The molecule has 0 aliphatic heterocycles. The van der Waals surface area contributed by atoms with Gasteiger partial charge in [0.25, 0.3) is 0 Å². The van der Waals surface area contributed by atoms with Gasteiger partial charge in [-0.3, -0.25) is 0 Å². The van der Waals surface area contributed by atoms with Gasteiger partial charge in [-0.1, -0.05) is 0 Å². The summed E-state index contributed by atoms with van der Waals surface area (Å²) < 4.78 is 30.9. The number of nitrogen functional groups attached to an aromatic ring is 1. The Labute approximate surface area is 120 Å². The molecule has 0 amide bonds. The summed E-state index contributed by atoms with van der Waals surface area (Å²) in [6, 6.07) is 6.57. The summed E-state index contributed by atoms with van der Waals surface area (Å²) in [5, 5.41) is 8.93. The summed E-state index contributed by atoms with van der Waals surface area (Å²) >= 11 is 0. The second-order valence-corrected chi connectivity index (χ2v) is 6.70. The first-order chi connectivity index (χ1) is 9.36. The molecule has 0 aliphatic carbocycles. The molecule has 0 atom stereocenters. The van der Waals surface area contributed by atoms with Crippen LogP contribution < -0.4 is 10.5 Å². The summed E-state index contributed by atoms with van der Waals surface area (Å²) in [6.07, 6.45) is 0. The maximum Gasteiger partial charge on any atom is 0.217 e. The van der Waals surface area contributed by atoms with Gasteiger partial charge >= 0.3 is 0 Å². The van der Waals surface area contributed by atoms with Crippen molar-refractivity contribution in [3.8, 4) is 5.75 Å². The van der Waals surface area contributed by atoms with Crippen LogP contribution in [0.15, 0.2) is 24.3 Å². The largest absolute Gasteiger partial charge is 0.492 e. The minimum Gasteiger partial charge on any atom is -0.492 e. The molecule has 20 heavy (non-hydrogen) atoms. The van der Waals surface area contributed by atoms with Gasteiger partial charge in [0, 0.05) is 18.3 Å². The molecule has 7 heteroatoms. The van der Waals surface area contributed by atoms with Crippen LogP contribution in [0.25, 0.3) is 0 Å². The molecule has 0 bridgehead atoms. The van der Waals surface area contributed by atoms with Crippen molar-refractivity contribution in [3.05, 3.63) is 24.3 Å². The Morgan fingerprint density at radius 2 is 1.90 bits per heavy atom. The van der Waals surface area contributed by atoms with Crippen molar-refractivity contribution >= 4 is 15.7 Å². The van der Waals surface area contributed by atoms with E-state index < -0.39 is 10.0 Å². The average molecular weight is 302 g/mol. The van der Waals surface area contributed by atoms with Crippen LogP contribution in [-0.4, -0.2) is 49.4 Å². The third-order valence-corrected chi connectivity index (χ3v) is 4.75. The molecule has 1 rings (SSSR count). The first-order valence-electron chi connectivity index (χ1n) is 6.45. The lowest BCUT2D eigenvalue weighted by molar-refractivity contribution is 0.235. The van der Waals surface area contributed by atoms with Crippen LogP contribution in [0.5, 0.6) is 5.75 Å². The molecule has 0 saturated heterocycles. The molecule has 0 aromatic heterocycles. The Bertz CT molecular complexity index is 500. The minimum absolute atomic E-state index is 0.0564. The van der Waals surface area contributed by atoms with Gasteiger partial charge in [0.05, 0.1) is 12.4 Å². The lowest BCUT2D eigenvalue weighted by atomic mass is 10.3. The van der Waals surface area contributed by atoms with E-state index in [1.165, 1.54) is 4.31 Å². The van der Waals surface area contributed by atoms with Crippen LogP contribution in [-0.2, 0) is 10.0 Å². The van der Waals surface area contributed by atoms with Gasteiger partial charge < -0.3 is 15.6 Å². The summed E-state index contributed by atoms with van der Waals surface area (Å²) in [4.78, 5) is 0. The molecular formula is C13H22N2O4S. The number of nitrogens with zero attached hydrogens (tertiary/aromatic N) is 1. The lowest BCUT2D eigenvalue weighted by Gasteiger charge is -2.25. The molecule has 0 unspecified atom stereocenters. The molecule has 0 heterocycles. The van der Waals surface area contributed by atoms with Crippen molar-refractivity contribution in [1.82, 2.24) is 4.31 Å². The van der Waals surface area contributed by atoms with Crippen LogP contribution in [0.1, 0.15) is 13.8 Å². The monoisotopic (exact) mass is 302 g/mol. The zero-order chi connectivity index (χ0) is 15.2. The minimum atomic E-state index is -3.44. The molecule has 6 nitrogen and oxygen atoms in total. The third kappa shape index (κ3) is 4.99. The topological polar surface area (TPSA) is 92.9 Å². The first kappa shape index (κ1) is 16.7. The molecule has 0 aliphatic rings. The predicted molar refractivity (Wildman–Crippen MR) is 79.1 cm³/mol. The molecule has 0 fully saturated rings. The highest BCUT2D eigenvalue weighted by atomic mass is 32.2. The molecule has 0 spiro atoms. The number of benzene rings is 1. The van der Waals surface area contributed by atoms with Gasteiger partial charge in [0.1, 0.15) is 12.4 Å². The van der Waals surface area contributed by atoms with Gasteiger partial charge in [-0.05, 0) is 38.1 Å². The van der Waals surface area contributed by atoms with E-state index in [-0.39, 0.29) is 31.6 Å². The highest BCUT2D eigenvalue weighted by Crippen LogP contribution is 2.14. The second-order valence-electron chi connectivity index (χ2n) is 4.66. The quantitative estimate of drug-likeness (QED) is 0.689. The fourth-order valence-corrected chi connectivity index (χ4v) is 3.29. The fraction of sp³-hybridized carbons (Fsp3) is 0.538. The van der Waals surface area contributed by atoms with Crippen LogP contribution >= 0.6 is 0 Å². The zero-order valence-corrected chi connectivity index (χ0v) is 12.6. The summed E-state index contributed by atoms with van der Waals surface area (Å²) in [5.41, 5.74) is 6.17. The van der Waals surface area contributed by atoms with Crippen molar-refractivity contribution in [3.63, 3.8) is 0 Å². The Balaban J connectivity index is 2.56. The Kier molecular flexibility index (Phi) is 6.25. The smallest absolute Gasteiger partial charge is 0.217 e. The van der Waals surface area contributed by atoms with Gasteiger partial charge in [-0.2, -0.15) is 4.31 Å². The van der Waals surface area contributed by atoms with E-state index in [2.05, 4.69) is 0 Å². The van der Waals surface area contributed by atoms with Crippen molar-refractivity contribution in [2.45, 2.75) is 19.9 Å². The SMILES string of the molecule is CC(C)N(CCO)S(=O)(=O)CCOc1ccc(N)cc1. The molecule has 1 aromatic carbocycles. The number of anilines is 1. The summed E-state index contributed by atoms with van der Waals surface area (Å²) in [6.45, 7) is 3.50. The number of nitrogens with two attached hydrogens (primary N) is 1. The summed E-state index contributed by atoms with van der Waals surface area (Å²) in [7, 11) is -3.44. The van der Waals surface area contributed by atoms with Crippen LogP contribution in [0, 0.1) is 0 Å². The highest BCUT2D eigenvalue weighted by molar-refractivity contribution is 7.89. The van der Waals surface area contributed by atoms with Crippen molar-refractivity contribution in [2.24, 2.45) is 0 Å². The van der Waals surface area contributed by atoms with Gasteiger partial charge in [-0.15, -0.1) is 0 Å². The van der Waals surface area contributed by atoms with Gasteiger partial charge in [-0.25, -0.2) is 8.42 Å². The van der Waals surface area contributed by atoms with Crippen molar-refractivity contribution in [1.29, 1.82) is 0 Å². The van der Waals surface area contributed by atoms with Gasteiger partial charge in [0.2, 0.25) is 10.0 Å². The number of sulfonamides is 1. The maximum atomic E-state index is 12.1. The third-order valence-electron chi connectivity index (χ3n) is 2.74. The maximum absolute atomic E-state index is 12.1. The zero-order valence-electron chi connectivity index (χ0n) is 11.8. The Hall–Kier alpha value is -1.31. The van der Waals surface area contributed by atoms with E-state index in [4.69, 9.17) is 15.6 Å². The number of hydrogen-bond donors (Lipinski definition) is 2. The van der Waals surface area contributed by atoms with E-state index >= 15 is 0 Å². The predicted octanol–water partition coefficient (Wildman–Crippen LogP) is 0.680. The molecule has 1 aromatic rings. The highest BCUT2D eigenvalue weighted by Gasteiger charge is 2.24. The Morgan fingerprint density at radius 3 is 2.40 bits per heavy atom. The average Bonchev–Trinajstić information content (AvgIpc) is 2.37. The fourth-order valence-electron chi connectivity index (χ4n) is 1.76. The molecule has 0 saturated carbocycles. The number of aliphatic hydroxyl groups is 1. The standard InChI is InChI=1S/C13H22N2O4S/c1-11(2)15(7-8-16)20(17,18)10-9-19-13-5-3-12(14)4-6-13/h3-6,11,16H,7-10,14H2,1-2H3. The second kappa shape index (κ2) is 7.47. The first-order valence-corrected chi connectivity index (χ1v) is 8.06. The van der Waals surface area contributed by atoms with E-state index in [0.717, 1.165) is 0 Å². The molecule has 114 valence electrons. The van der Waals surface area contributed by atoms with Crippen LogP contribution in [0.4, 0.5) is 5.69 Å². The van der Waals surface area contributed by atoms with E-state index in [1.807, 2.05) is 0 Å². The van der Waals surface area contributed by atoms with Crippen molar-refractivity contribution in [2.75, 3.05) is 31.2 Å². The number of ether oxygens (including phenoxy) is 1. The number of hydrogen-bond acceptors (Lipinski definition) is 5. The molecule has 3 N–H and O–H groups in total. The Morgan fingerprint density at radius 1 is 1.30 bits per heavy atom.